The number of aromatic nitrogens is 6. The summed E-state index contributed by atoms with van der Waals surface area (Å²) < 4.78 is 39.6. The molecule has 450 valence electrons. The molecule has 6 nitrogen and oxygen atoms in total. The third kappa shape index (κ3) is 8.91. The van der Waals surface area contributed by atoms with Crippen molar-refractivity contribution < 1.29 is 8.78 Å². The van der Waals surface area contributed by atoms with Gasteiger partial charge < -0.3 is 18.3 Å². The fourth-order valence-corrected chi connectivity index (χ4v) is 14.8. The number of fused-ring (bicyclic) bond motifs is 12. The quantitative estimate of drug-likeness (QED) is 0.137. The number of para-hydroxylation sites is 6. The lowest BCUT2D eigenvalue weighted by atomic mass is 10.0. The Bertz CT molecular complexity index is 6320. The maximum absolute atomic E-state index is 15.8. The van der Waals surface area contributed by atoms with Gasteiger partial charge in [-0.05, 0) is 173 Å². The molecule has 0 radical (unpaired) electrons. The molecule has 5 heterocycles. The number of hydrogen-bond donors (Lipinski definition) is 0. The van der Waals surface area contributed by atoms with Crippen LogP contribution in [0.15, 0.2) is 328 Å². The van der Waals surface area contributed by atoms with Crippen LogP contribution in [-0.2, 0) is 0 Å². The van der Waals surface area contributed by atoms with Crippen LogP contribution in [0.5, 0.6) is 0 Å². The van der Waals surface area contributed by atoms with Crippen LogP contribution < -0.4 is 0 Å². The van der Waals surface area contributed by atoms with E-state index in [-0.39, 0.29) is 11.4 Å². The Labute approximate surface area is 550 Å². The molecule has 0 atom stereocenters. The Morgan fingerprint density at radius 2 is 0.490 bits per heavy atom. The summed E-state index contributed by atoms with van der Waals surface area (Å²) in [6.45, 7) is 0. The molecular formula is C88H54F2N6. The largest absolute Gasteiger partial charge is 0.309 e. The zero-order valence-electron chi connectivity index (χ0n) is 51.6. The summed E-state index contributed by atoms with van der Waals surface area (Å²) in [5.41, 5.74) is 23.1. The molecule has 0 N–H and O–H groups in total. The minimum Gasteiger partial charge on any atom is -0.309 e. The van der Waals surface area contributed by atoms with Crippen molar-refractivity contribution in [3.63, 3.8) is 0 Å². The van der Waals surface area contributed by atoms with Gasteiger partial charge in [0.25, 0.3) is 0 Å². The Kier molecular flexibility index (Phi) is 12.6. The molecule has 0 spiro atoms. The maximum Gasteiger partial charge on any atom is 0.163 e. The summed E-state index contributed by atoms with van der Waals surface area (Å²) in [4.78, 5) is 9.92. The second-order valence-electron chi connectivity index (χ2n) is 24.8. The van der Waals surface area contributed by atoms with Crippen LogP contribution in [0.25, 0.3) is 177 Å². The van der Waals surface area contributed by atoms with Crippen LogP contribution in [-0.4, -0.2) is 28.2 Å². The van der Waals surface area contributed by atoms with E-state index in [0.717, 1.165) is 101 Å². The number of rotatable bonds is 10. The van der Waals surface area contributed by atoms with Gasteiger partial charge in [0, 0.05) is 83.0 Å². The molecule has 0 aliphatic rings. The third-order valence-electron chi connectivity index (χ3n) is 19.3. The lowest BCUT2D eigenvalue weighted by molar-refractivity contribution is 0.585. The normalized spacial score (nSPS) is 11.9. The third-order valence-corrected chi connectivity index (χ3v) is 19.3. The summed E-state index contributed by atoms with van der Waals surface area (Å²) in [5, 5.41) is 9.55. The molecule has 19 aromatic rings. The lowest BCUT2D eigenvalue weighted by Gasteiger charge is -2.12. The minimum absolute atomic E-state index is 0.113. The van der Waals surface area contributed by atoms with E-state index in [1.165, 1.54) is 72.1 Å². The predicted molar refractivity (Wildman–Crippen MR) is 392 cm³/mol. The highest BCUT2D eigenvalue weighted by atomic mass is 19.1. The van der Waals surface area contributed by atoms with Crippen molar-refractivity contribution >= 4 is 87.2 Å². The summed E-state index contributed by atoms with van der Waals surface area (Å²) in [7, 11) is 0. The van der Waals surface area contributed by atoms with E-state index in [4.69, 9.17) is 9.97 Å². The monoisotopic (exact) mass is 1230 g/mol. The van der Waals surface area contributed by atoms with E-state index < -0.39 is 11.6 Å². The highest BCUT2D eigenvalue weighted by Gasteiger charge is 2.21. The van der Waals surface area contributed by atoms with E-state index in [0.29, 0.717) is 11.4 Å². The topological polar surface area (TPSA) is 45.5 Å². The molecule has 0 aliphatic carbocycles. The number of hydrogen-bond acceptors (Lipinski definition) is 2. The van der Waals surface area contributed by atoms with Gasteiger partial charge in [-0.25, -0.2) is 18.7 Å². The van der Waals surface area contributed by atoms with Gasteiger partial charge in [0.2, 0.25) is 0 Å². The summed E-state index contributed by atoms with van der Waals surface area (Å²) >= 11 is 0. The number of benzene rings is 14. The van der Waals surface area contributed by atoms with Gasteiger partial charge in [-0.1, -0.05) is 182 Å². The molecule has 0 saturated heterocycles. The maximum atomic E-state index is 15.8. The highest BCUT2D eigenvalue weighted by Crippen LogP contribution is 2.42. The lowest BCUT2D eigenvalue weighted by Crippen LogP contribution is -1.99. The van der Waals surface area contributed by atoms with Gasteiger partial charge in [0.1, 0.15) is 11.6 Å². The van der Waals surface area contributed by atoms with Crippen molar-refractivity contribution in [3.8, 4) is 90.0 Å². The smallest absolute Gasteiger partial charge is 0.163 e. The first-order valence-corrected chi connectivity index (χ1v) is 32.3. The molecular weight excluding hydrogens is 1180 g/mol. The first-order chi connectivity index (χ1) is 47.4. The van der Waals surface area contributed by atoms with Crippen LogP contribution in [0.2, 0.25) is 0 Å². The molecule has 8 heteroatoms. The van der Waals surface area contributed by atoms with Gasteiger partial charge in [0.15, 0.2) is 5.82 Å². The minimum atomic E-state index is -0.735. The van der Waals surface area contributed by atoms with E-state index in [1.807, 2.05) is 18.2 Å². The zero-order valence-corrected chi connectivity index (χ0v) is 51.6. The van der Waals surface area contributed by atoms with E-state index in [1.54, 1.807) is 0 Å². The van der Waals surface area contributed by atoms with Gasteiger partial charge >= 0.3 is 0 Å². The Balaban J connectivity index is 0.630. The number of nitrogens with zero attached hydrogens (tertiary/aromatic N) is 6. The molecule has 14 aromatic carbocycles. The Hall–Kier alpha value is -12.8. The molecule has 0 saturated carbocycles. The van der Waals surface area contributed by atoms with Crippen molar-refractivity contribution in [2.45, 2.75) is 0 Å². The standard InChI is InChI=1S/C88H54F2N6/c89-63-39-44-72(77(90)53-63)88-91-78(54-79(92-88)58-33-42-67(43-34-58)96-83-26-14-10-22-71(83)76-52-62(38-48-87(76)96)60-36-46-85-74(50-60)69-20-8-12-24-81(69)94(85)65-17-5-2-6-18-65)57-29-27-55(28-30-57)56-31-40-66(41-32-56)95-82-25-13-9-21-70(82)75-51-61(37-47-86(75)95)59-35-45-84-73(49-59)68-19-7-11-23-80(68)93(84)64-15-3-1-4-16-64/h1-54H. The molecule has 19 rings (SSSR count). The van der Waals surface area contributed by atoms with Crippen LogP contribution in [0, 0.1) is 11.6 Å². The van der Waals surface area contributed by atoms with Crippen LogP contribution in [0.4, 0.5) is 8.78 Å². The average molecular weight is 1230 g/mol. The van der Waals surface area contributed by atoms with E-state index >= 15 is 4.39 Å². The molecule has 0 fully saturated rings. The first kappa shape index (κ1) is 54.9. The van der Waals surface area contributed by atoms with Crippen LogP contribution >= 0.6 is 0 Å². The highest BCUT2D eigenvalue weighted by molar-refractivity contribution is 6.15. The molecule has 5 aromatic heterocycles. The Morgan fingerprint density at radius 3 is 0.844 bits per heavy atom. The second kappa shape index (κ2) is 21.9. The van der Waals surface area contributed by atoms with Gasteiger partial charge in [0.05, 0.1) is 61.1 Å². The molecule has 0 unspecified atom stereocenters. The van der Waals surface area contributed by atoms with Crippen molar-refractivity contribution in [1.82, 2.24) is 28.2 Å². The molecule has 0 aliphatic heterocycles. The second-order valence-corrected chi connectivity index (χ2v) is 24.8. The van der Waals surface area contributed by atoms with Crippen LogP contribution in [0.3, 0.4) is 0 Å². The van der Waals surface area contributed by atoms with Gasteiger partial charge in [-0.3, -0.25) is 0 Å². The predicted octanol–water partition coefficient (Wildman–Crippen LogP) is 23.1. The summed E-state index contributed by atoms with van der Waals surface area (Å²) in [6, 6.07) is 114. The fraction of sp³-hybridized carbons (Fsp3) is 0. The molecule has 0 bridgehead atoms. The van der Waals surface area contributed by atoms with Gasteiger partial charge in [-0.2, -0.15) is 0 Å². The first-order valence-electron chi connectivity index (χ1n) is 32.3. The summed E-state index contributed by atoms with van der Waals surface area (Å²) in [5.74, 6) is -1.24. The SMILES string of the molecule is Fc1ccc(-c2nc(-c3ccc(-c4ccc(-n5c6ccccc6c6cc(-c7ccc8c(c7)c7ccccc7n8-c7ccccc7)ccc65)cc4)cc3)cc(-c3ccc(-n4c5ccccc5c5cc(-c6ccc7c(c6)c6ccccc6n7-c6ccccc6)ccc54)cc3)n2)c(F)c1. The Morgan fingerprint density at radius 1 is 0.208 bits per heavy atom. The van der Waals surface area contributed by atoms with Crippen molar-refractivity contribution in [1.29, 1.82) is 0 Å². The average Bonchev–Trinajstić information content (AvgIpc) is 1.61. The summed E-state index contributed by atoms with van der Waals surface area (Å²) in [6.07, 6.45) is 0. The fourth-order valence-electron chi connectivity index (χ4n) is 14.8. The van der Waals surface area contributed by atoms with Gasteiger partial charge in [-0.15, -0.1) is 0 Å². The number of halogens is 2. The van der Waals surface area contributed by atoms with Crippen molar-refractivity contribution in [2.75, 3.05) is 0 Å². The van der Waals surface area contributed by atoms with E-state index in [9.17, 15) is 4.39 Å². The van der Waals surface area contributed by atoms with Crippen LogP contribution in [0.1, 0.15) is 0 Å². The van der Waals surface area contributed by atoms with Crippen molar-refractivity contribution in [2.24, 2.45) is 0 Å². The van der Waals surface area contributed by atoms with E-state index in [2.05, 4.69) is 309 Å². The molecule has 0 amide bonds. The van der Waals surface area contributed by atoms with Crippen molar-refractivity contribution in [3.05, 3.63) is 339 Å². The molecule has 96 heavy (non-hydrogen) atoms. The zero-order chi connectivity index (χ0) is 63.5.